The highest BCUT2D eigenvalue weighted by atomic mass is 16.6. The molecule has 154 valence electrons. The summed E-state index contributed by atoms with van der Waals surface area (Å²) in [6, 6.07) is 22.9. The number of rotatable bonds is 9. The van der Waals surface area contributed by atoms with Crippen molar-refractivity contribution < 1.29 is 19.1 Å². The smallest absolute Gasteiger partial charge is 0.265 e. The molecule has 0 saturated heterocycles. The first-order valence-electron chi connectivity index (χ1n) is 9.61. The topological polar surface area (TPSA) is 69.2 Å². The minimum absolute atomic E-state index is 0.201. The van der Waals surface area contributed by atoms with Crippen LogP contribution in [0.25, 0.3) is 11.1 Å². The Morgan fingerprint density at radius 3 is 2.53 bits per heavy atom. The lowest BCUT2D eigenvalue weighted by molar-refractivity contribution is -0.120. The zero-order valence-electron chi connectivity index (χ0n) is 17.0. The van der Waals surface area contributed by atoms with Crippen LogP contribution in [-0.2, 0) is 9.63 Å². The van der Waals surface area contributed by atoms with Crippen molar-refractivity contribution in [2.24, 2.45) is 5.16 Å². The van der Waals surface area contributed by atoms with Crippen molar-refractivity contribution >= 4 is 17.8 Å². The highest BCUT2D eigenvalue weighted by Gasteiger charge is 2.08. The Morgan fingerprint density at radius 1 is 1.00 bits per heavy atom. The van der Waals surface area contributed by atoms with Gasteiger partial charge >= 0.3 is 0 Å². The highest BCUT2D eigenvalue weighted by Crippen LogP contribution is 2.28. The number of para-hydroxylation sites is 1. The molecule has 1 amide bonds. The summed E-state index contributed by atoms with van der Waals surface area (Å²) < 4.78 is 10.8. The molecule has 3 aromatic carbocycles. The van der Waals surface area contributed by atoms with Gasteiger partial charge in [0.25, 0.3) is 5.91 Å². The van der Waals surface area contributed by atoms with E-state index < -0.39 is 0 Å². The lowest BCUT2D eigenvalue weighted by atomic mass is 10.0. The molecule has 6 heteroatoms. The van der Waals surface area contributed by atoms with Gasteiger partial charge < -0.3 is 19.6 Å². The summed E-state index contributed by atoms with van der Waals surface area (Å²) >= 11 is 0. The van der Waals surface area contributed by atoms with Crippen LogP contribution in [0.4, 0.5) is 5.69 Å². The van der Waals surface area contributed by atoms with Crippen molar-refractivity contribution in [1.82, 2.24) is 0 Å². The highest BCUT2D eigenvalue weighted by molar-refractivity contribution is 5.96. The number of oxime groups is 1. The molecule has 0 unspecified atom stereocenters. The molecule has 0 aliphatic heterocycles. The lowest BCUT2D eigenvalue weighted by Crippen LogP contribution is -2.17. The third-order valence-electron chi connectivity index (χ3n) is 4.25. The first kappa shape index (κ1) is 20.9. The third-order valence-corrected chi connectivity index (χ3v) is 4.25. The van der Waals surface area contributed by atoms with Crippen LogP contribution >= 0.6 is 0 Å². The van der Waals surface area contributed by atoms with Crippen molar-refractivity contribution in [2.45, 2.75) is 6.92 Å². The maximum absolute atomic E-state index is 12.3. The Labute approximate surface area is 176 Å². The quantitative estimate of drug-likeness (QED) is 0.413. The molecule has 0 saturated carbocycles. The summed E-state index contributed by atoms with van der Waals surface area (Å²) in [6.45, 7) is 2.26. The van der Waals surface area contributed by atoms with Gasteiger partial charge in [-0.3, -0.25) is 4.79 Å². The lowest BCUT2D eigenvalue weighted by Gasteiger charge is -2.11. The van der Waals surface area contributed by atoms with Crippen LogP contribution in [-0.4, -0.2) is 32.4 Å². The number of methoxy groups -OCH3 is 1. The summed E-state index contributed by atoms with van der Waals surface area (Å²) in [5.41, 5.74) is 3.45. The van der Waals surface area contributed by atoms with E-state index in [0.717, 1.165) is 22.4 Å². The Hall–Kier alpha value is -3.80. The van der Waals surface area contributed by atoms with Gasteiger partial charge in [0.05, 0.1) is 19.9 Å². The molecule has 0 aliphatic rings. The van der Waals surface area contributed by atoms with Gasteiger partial charge in [0.1, 0.15) is 0 Å². The number of nitrogens with zero attached hydrogens (tertiary/aromatic N) is 1. The Bertz CT molecular complexity index is 1000. The number of hydrogen-bond acceptors (Lipinski definition) is 5. The van der Waals surface area contributed by atoms with Crippen LogP contribution < -0.4 is 14.8 Å². The van der Waals surface area contributed by atoms with Crippen LogP contribution in [0.1, 0.15) is 12.5 Å². The van der Waals surface area contributed by atoms with Gasteiger partial charge in [0.15, 0.2) is 18.1 Å². The first-order valence-corrected chi connectivity index (χ1v) is 9.61. The SMILES string of the molecule is CCOc1ccc(/C=N/OCC(=O)Nc2ccccc2-c2ccccc2)cc1OC. The average molecular weight is 404 g/mol. The maximum atomic E-state index is 12.3. The zero-order valence-corrected chi connectivity index (χ0v) is 17.0. The van der Waals surface area contributed by atoms with Gasteiger partial charge in [-0.15, -0.1) is 0 Å². The van der Waals surface area contributed by atoms with Crippen molar-refractivity contribution in [3.63, 3.8) is 0 Å². The van der Waals surface area contributed by atoms with E-state index in [1.807, 2.05) is 67.6 Å². The number of carbonyl (C=O) groups is 1. The molecular weight excluding hydrogens is 380 g/mol. The molecule has 0 fully saturated rings. The van der Waals surface area contributed by atoms with E-state index in [1.165, 1.54) is 6.21 Å². The summed E-state index contributed by atoms with van der Waals surface area (Å²) in [6.07, 6.45) is 1.52. The molecular formula is C24H24N2O4. The zero-order chi connectivity index (χ0) is 21.2. The Morgan fingerprint density at radius 2 is 1.77 bits per heavy atom. The summed E-state index contributed by atoms with van der Waals surface area (Å²) in [7, 11) is 1.58. The fourth-order valence-electron chi connectivity index (χ4n) is 2.88. The van der Waals surface area contributed by atoms with Gasteiger partial charge in [-0.2, -0.15) is 0 Å². The van der Waals surface area contributed by atoms with E-state index in [4.69, 9.17) is 14.3 Å². The standard InChI is InChI=1S/C24H24N2O4/c1-3-29-22-14-13-18(15-23(22)28-2)16-25-30-17-24(27)26-21-12-8-7-11-20(21)19-9-5-4-6-10-19/h4-16H,3,17H2,1-2H3,(H,26,27)/b25-16+. The first-order chi connectivity index (χ1) is 14.7. The van der Waals surface area contributed by atoms with E-state index in [2.05, 4.69) is 10.5 Å². The number of carbonyl (C=O) groups excluding carboxylic acids is 1. The van der Waals surface area contributed by atoms with Gasteiger partial charge in [-0.1, -0.05) is 53.7 Å². The normalized spacial score (nSPS) is 10.6. The van der Waals surface area contributed by atoms with E-state index in [-0.39, 0.29) is 12.5 Å². The molecule has 0 spiro atoms. The molecule has 0 radical (unpaired) electrons. The second kappa shape index (κ2) is 10.7. The van der Waals surface area contributed by atoms with Crippen molar-refractivity contribution in [1.29, 1.82) is 0 Å². The molecule has 3 aromatic rings. The number of hydrogen-bond donors (Lipinski definition) is 1. The maximum Gasteiger partial charge on any atom is 0.265 e. The van der Waals surface area contributed by atoms with Crippen LogP contribution in [0.3, 0.4) is 0 Å². The second-order valence-corrected chi connectivity index (χ2v) is 6.31. The minimum atomic E-state index is -0.292. The second-order valence-electron chi connectivity index (χ2n) is 6.31. The van der Waals surface area contributed by atoms with Crippen LogP contribution in [0, 0.1) is 0 Å². The Balaban J connectivity index is 1.57. The van der Waals surface area contributed by atoms with Crippen LogP contribution in [0.5, 0.6) is 11.5 Å². The predicted octanol–water partition coefficient (Wildman–Crippen LogP) is 4.75. The van der Waals surface area contributed by atoms with Gasteiger partial charge in [-0.25, -0.2) is 0 Å². The van der Waals surface area contributed by atoms with Crippen molar-refractivity contribution in [2.75, 3.05) is 25.6 Å². The summed E-state index contributed by atoms with van der Waals surface area (Å²) in [5, 5.41) is 6.75. The van der Waals surface area contributed by atoms with Crippen LogP contribution in [0.15, 0.2) is 78.0 Å². The molecule has 0 aromatic heterocycles. The van der Waals surface area contributed by atoms with Crippen molar-refractivity contribution in [3.05, 3.63) is 78.4 Å². The number of ether oxygens (including phenoxy) is 2. The minimum Gasteiger partial charge on any atom is -0.493 e. The molecule has 0 heterocycles. The van der Waals surface area contributed by atoms with Gasteiger partial charge in [-0.05, 0) is 36.8 Å². The van der Waals surface area contributed by atoms with E-state index in [0.29, 0.717) is 18.1 Å². The molecule has 1 N–H and O–H groups in total. The number of anilines is 1. The van der Waals surface area contributed by atoms with E-state index in [9.17, 15) is 4.79 Å². The Kier molecular flexibility index (Phi) is 7.44. The third kappa shape index (κ3) is 5.61. The largest absolute Gasteiger partial charge is 0.493 e. The summed E-state index contributed by atoms with van der Waals surface area (Å²) in [4.78, 5) is 17.4. The van der Waals surface area contributed by atoms with Gasteiger partial charge in [0.2, 0.25) is 0 Å². The van der Waals surface area contributed by atoms with Crippen LogP contribution in [0.2, 0.25) is 0 Å². The van der Waals surface area contributed by atoms with Crippen molar-refractivity contribution in [3.8, 4) is 22.6 Å². The number of benzene rings is 3. The molecule has 0 atom stereocenters. The molecule has 3 rings (SSSR count). The molecule has 0 bridgehead atoms. The molecule has 6 nitrogen and oxygen atoms in total. The predicted molar refractivity (Wildman–Crippen MR) is 118 cm³/mol. The molecule has 30 heavy (non-hydrogen) atoms. The fraction of sp³-hybridized carbons (Fsp3) is 0.167. The fourth-order valence-corrected chi connectivity index (χ4v) is 2.88. The van der Waals surface area contributed by atoms with E-state index in [1.54, 1.807) is 19.2 Å². The monoisotopic (exact) mass is 404 g/mol. The molecule has 0 aliphatic carbocycles. The average Bonchev–Trinajstić information content (AvgIpc) is 2.78. The van der Waals surface area contributed by atoms with E-state index >= 15 is 0 Å². The summed E-state index contributed by atoms with van der Waals surface area (Å²) in [5.74, 6) is 0.977. The number of amides is 1. The van der Waals surface area contributed by atoms with Gasteiger partial charge in [0, 0.05) is 16.8 Å². The number of nitrogens with one attached hydrogen (secondary N) is 1.